The van der Waals surface area contributed by atoms with Crippen molar-refractivity contribution in [3.8, 4) is 0 Å². The molecule has 0 saturated carbocycles. The maximum absolute atomic E-state index is 14.0. The SMILES string of the molecule is C=C/C=C(O)\C(=C/C)c1nc(N2CCC(CCNCC(=O)O)C2)c2cc(F)ccc2n1. The van der Waals surface area contributed by atoms with Crippen molar-refractivity contribution in [3.63, 3.8) is 0 Å². The number of carbonyl (C=O) groups is 1. The highest BCUT2D eigenvalue weighted by atomic mass is 19.1. The molecule has 1 unspecified atom stereocenters. The fraction of sp³-hybridized carbons (Fsp3) is 0.348. The second kappa shape index (κ2) is 10.2. The molecule has 3 rings (SSSR count). The summed E-state index contributed by atoms with van der Waals surface area (Å²) in [5.74, 6) is 0.139. The molecule has 164 valence electrons. The quantitative estimate of drug-likeness (QED) is 0.320. The van der Waals surface area contributed by atoms with Gasteiger partial charge < -0.3 is 20.4 Å². The molecule has 1 saturated heterocycles. The zero-order valence-corrected chi connectivity index (χ0v) is 17.5. The predicted octanol–water partition coefficient (Wildman–Crippen LogP) is 3.69. The van der Waals surface area contributed by atoms with Crippen molar-refractivity contribution in [3.05, 3.63) is 60.4 Å². The molecule has 7 nitrogen and oxygen atoms in total. The van der Waals surface area contributed by atoms with Crippen LogP contribution in [0.2, 0.25) is 0 Å². The molecule has 8 heteroatoms. The number of benzene rings is 1. The van der Waals surface area contributed by atoms with Crippen molar-refractivity contribution >= 4 is 28.3 Å². The molecule has 0 amide bonds. The molecule has 2 aromatic rings. The Morgan fingerprint density at radius 2 is 2.19 bits per heavy atom. The lowest BCUT2D eigenvalue weighted by Crippen LogP contribution is -2.26. The molecule has 31 heavy (non-hydrogen) atoms. The maximum atomic E-state index is 14.0. The van der Waals surface area contributed by atoms with Crippen molar-refractivity contribution in [2.24, 2.45) is 5.92 Å². The molecule has 1 aliphatic heterocycles. The summed E-state index contributed by atoms with van der Waals surface area (Å²) in [5.41, 5.74) is 1.07. The molecule has 1 aliphatic rings. The first-order valence-electron chi connectivity index (χ1n) is 10.3. The van der Waals surface area contributed by atoms with Gasteiger partial charge in [-0.2, -0.15) is 0 Å². The third-order valence-corrected chi connectivity index (χ3v) is 5.31. The van der Waals surface area contributed by atoms with E-state index in [9.17, 15) is 14.3 Å². The van der Waals surface area contributed by atoms with Crippen molar-refractivity contribution in [2.45, 2.75) is 19.8 Å². The van der Waals surface area contributed by atoms with Crippen LogP contribution in [0, 0.1) is 11.7 Å². The van der Waals surface area contributed by atoms with Crippen LogP contribution < -0.4 is 10.2 Å². The van der Waals surface area contributed by atoms with Gasteiger partial charge in [-0.3, -0.25) is 4.79 Å². The van der Waals surface area contributed by atoms with E-state index in [4.69, 9.17) is 10.1 Å². The molecule has 3 N–H and O–H groups in total. The van der Waals surface area contributed by atoms with Crippen molar-refractivity contribution in [1.29, 1.82) is 0 Å². The molecular weight excluding hydrogens is 399 g/mol. The summed E-state index contributed by atoms with van der Waals surface area (Å²) in [6.07, 6.45) is 6.47. The lowest BCUT2D eigenvalue weighted by atomic mass is 10.1. The molecule has 0 bridgehead atoms. The average molecular weight is 426 g/mol. The van der Waals surface area contributed by atoms with Gasteiger partial charge in [0.2, 0.25) is 0 Å². The standard InChI is InChI=1S/C23H27FN4O3/c1-3-5-20(29)17(4-2)22-26-19-7-6-16(24)12-18(19)23(27-22)28-11-9-15(14-28)8-10-25-13-21(30)31/h3-7,12,15,25,29H,1,8-11,13-14H2,2H3,(H,30,31)/b17-4+,20-5+. The third kappa shape index (κ3) is 5.46. The number of aliphatic hydroxyl groups excluding tert-OH is 1. The van der Waals surface area contributed by atoms with Crippen LogP contribution in [0.5, 0.6) is 0 Å². The molecule has 0 spiro atoms. The van der Waals surface area contributed by atoms with Crippen molar-refractivity contribution in [1.82, 2.24) is 15.3 Å². The lowest BCUT2D eigenvalue weighted by Gasteiger charge is -2.21. The van der Waals surface area contributed by atoms with E-state index >= 15 is 0 Å². The number of hydrogen-bond acceptors (Lipinski definition) is 6. The van der Waals surface area contributed by atoms with Gasteiger partial charge in [0.1, 0.15) is 17.4 Å². The van der Waals surface area contributed by atoms with Crippen LogP contribution in [0.15, 0.2) is 48.8 Å². The van der Waals surface area contributed by atoms with Gasteiger partial charge in [-0.15, -0.1) is 0 Å². The molecular formula is C23H27FN4O3. The zero-order valence-electron chi connectivity index (χ0n) is 17.5. The minimum absolute atomic E-state index is 0.00807. The number of anilines is 1. The fourth-order valence-electron chi connectivity index (χ4n) is 3.80. The van der Waals surface area contributed by atoms with Crippen LogP contribution in [0.1, 0.15) is 25.6 Å². The number of nitrogens with zero attached hydrogens (tertiary/aromatic N) is 3. The van der Waals surface area contributed by atoms with E-state index in [2.05, 4.69) is 21.8 Å². The number of nitrogens with one attached hydrogen (secondary N) is 1. The monoisotopic (exact) mass is 426 g/mol. The number of carboxylic acids is 1. The second-order valence-corrected chi connectivity index (χ2v) is 7.48. The first kappa shape index (κ1) is 22.4. The van der Waals surface area contributed by atoms with Crippen LogP contribution in [0.4, 0.5) is 10.2 Å². The van der Waals surface area contributed by atoms with E-state index in [1.807, 2.05) is 0 Å². The molecule has 0 aliphatic carbocycles. The van der Waals surface area contributed by atoms with Gasteiger partial charge >= 0.3 is 5.97 Å². The number of rotatable bonds is 9. The molecule has 1 fully saturated rings. The van der Waals surface area contributed by atoms with Gasteiger partial charge in [-0.1, -0.05) is 18.7 Å². The van der Waals surface area contributed by atoms with Gasteiger partial charge in [-0.05, 0) is 56.5 Å². The topological polar surface area (TPSA) is 98.6 Å². The normalized spacial score (nSPS) is 17.4. The highest BCUT2D eigenvalue weighted by molar-refractivity contribution is 5.91. The minimum Gasteiger partial charge on any atom is -0.507 e. The number of aromatic nitrogens is 2. The zero-order chi connectivity index (χ0) is 22.4. The Kier molecular flexibility index (Phi) is 7.36. The van der Waals surface area contributed by atoms with Gasteiger partial charge in [0.15, 0.2) is 5.82 Å². The predicted molar refractivity (Wildman–Crippen MR) is 119 cm³/mol. The van der Waals surface area contributed by atoms with Gasteiger partial charge in [0.05, 0.1) is 17.6 Å². The Morgan fingerprint density at radius 1 is 1.39 bits per heavy atom. The van der Waals surface area contributed by atoms with E-state index in [0.717, 1.165) is 25.9 Å². The van der Waals surface area contributed by atoms with E-state index in [-0.39, 0.29) is 18.1 Å². The highest BCUT2D eigenvalue weighted by Gasteiger charge is 2.26. The number of aliphatic carboxylic acids is 1. The summed E-state index contributed by atoms with van der Waals surface area (Å²) < 4.78 is 14.0. The average Bonchev–Trinajstić information content (AvgIpc) is 3.20. The van der Waals surface area contributed by atoms with Gasteiger partial charge in [0.25, 0.3) is 0 Å². The first-order valence-corrected chi connectivity index (χ1v) is 10.3. The fourth-order valence-corrected chi connectivity index (χ4v) is 3.80. The Morgan fingerprint density at radius 3 is 2.90 bits per heavy atom. The number of fused-ring (bicyclic) bond motifs is 1. The molecule has 0 radical (unpaired) electrons. The molecule has 2 heterocycles. The second-order valence-electron chi connectivity index (χ2n) is 7.48. The number of halogens is 1. The summed E-state index contributed by atoms with van der Waals surface area (Å²) in [5, 5.41) is 22.6. The molecule has 1 aromatic heterocycles. The lowest BCUT2D eigenvalue weighted by molar-refractivity contribution is -0.135. The summed E-state index contributed by atoms with van der Waals surface area (Å²) in [7, 11) is 0. The van der Waals surface area contributed by atoms with Crippen LogP contribution >= 0.6 is 0 Å². The van der Waals surface area contributed by atoms with Crippen molar-refractivity contribution in [2.75, 3.05) is 31.1 Å². The Bertz CT molecular complexity index is 1030. The van der Waals surface area contributed by atoms with E-state index in [1.165, 1.54) is 24.3 Å². The van der Waals surface area contributed by atoms with E-state index in [1.54, 1.807) is 19.1 Å². The van der Waals surface area contributed by atoms with Gasteiger partial charge in [0, 0.05) is 18.5 Å². The minimum atomic E-state index is -0.872. The first-order chi connectivity index (χ1) is 14.9. The smallest absolute Gasteiger partial charge is 0.317 e. The Hall–Kier alpha value is -3.26. The van der Waals surface area contributed by atoms with E-state index in [0.29, 0.717) is 40.6 Å². The molecule has 1 atom stereocenters. The third-order valence-electron chi connectivity index (χ3n) is 5.31. The van der Waals surface area contributed by atoms with Crippen LogP contribution in [0.25, 0.3) is 16.5 Å². The number of carboxylic acid groups (broad SMARTS) is 1. The summed E-state index contributed by atoms with van der Waals surface area (Å²) in [6.45, 7) is 7.45. The highest BCUT2D eigenvalue weighted by Crippen LogP contribution is 2.32. The maximum Gasteiger partial charge on any atom is 0.317 e. The van der Waals surface area contributed by atoms with Crippen LogP contribution in [0.3, 0.4) is 0 Å². The van der Waals surface area contributed by atoms with Crippen molar-refractivity contribution < 1.29 is 19.4 Å². The van der Waals surface area contributed by atoms with Crippen LogP contribution in [-0.2, 0) is 4.79 Å². The van der Waals surface area contributed by atoms with Gasteiger partial charge in [-0.25, -0.2) is 14.4 Å². The molecule has 1 aromatic carbocycles. The Balaban J connectivity index is 1.90. The Labute approximate surface area is 180 Å². The van der Waals surface area contributed by atoms with Crippen LogP contribution in [-0.4, -0.2) is 52.3 Å². The summed E-state index contributed by atoms with van der Waals surface area (Å²) in [4.78, 5) is 22.0. The summed E-state index contributed by atoms with van der Waals surface area (Å²) in [6, 6.07) is 4.41. The number of allylic oxidation sites excluding steroid dienone is 4. The summed E-state index contributed by atoms with van der Waals surface area (Å²) >= 11 is 0. The number of hydrogen-bond donors (Lipinski definition) is 3. The van der Waals surface area contributed by atoms with E-state index < -0.39 is 5.97 Å². The largest absolute Gasteiger partial charge is 0.507 e. The number of aliphatic hydroxyl groups is 1.